The highest BCUT2D eigenvalue weighted by atomic mass is 35.5. The fourth-order valence-corrected chi connectivity index (χ4v) is 6.34. The minimum atomic E-state index is -2.19. The molecule has 2 aliphatic rings. The molecule has 11 heteroatoms. The van der Waals surface area contributed by atoms with E-state index in [1.54, 1.807) is 6.07 Å². The van der Waals surface area contributed by atoms with Crippen molar-refractivity contribution in [3.05, 3.63) is 59.6 Å². The van der Waals surface area contributed by atoms with Gasteiger partial charge in [0, 0.05) is 17.1 Å². The number of hydrogen-bond acceptors (Lipinski definition) is 8. The lowest BCUT2D eigenvalue weighted by Gasteiger charge is -2.15. The molecule has 0 amide bonds. The van der Waals surface area contributed by atoms with Crippen LogP contribution in [0.15, 0.2) is 59.0 Å². The Morgan fingerprint density at radius 1 is 1.00 bits per heavy atom. The van der Waals surface area contributed by atoms with Crippen LogP contribution in [0.3, 0.4) is 0 Å². The molecule has 0 radical (unpaired) electrons. The van der Waals surface area contributed by atoms with Gasteiger partial charge in [0.15, 0.2) is 11.8 Å². The van der Waals surface area contributed by atoms with Crippen molar-refractivity contribution in [2.45, 2.75) is 38.3 Å². The smallest absolute Gasteiger partial charge is 0.296 e. The van der Waals surface area contributed by atoms with Gasteiger partial charge in [0.25, 0.3) is 6.01 Å². The molecule has 2 aliphatic heterocycles. The first-order chi connectivity index (χ1) is 18.9. The van der Waals surface area contributed by atoms with Gasteiger partial charge in [-0.1, -0.05) is 61.8 Å². The third kappa shape index (κ3) is 5.15. The number of rotatable bonds is 7. The molecule has 2 N–H and O–H groups in total. The molecule has 0 aliphatic carbocycles. The number of pyridine rings is 1. The summed E-state index contributed by atoms with van der Waals surface area (Å²) < 4.78 is 34.3. The van der Waals surface area contributed by atoms with Gasteiger partial charge < -0.3 is 24.3 Å². The van der Waals surface area contributed by atoms with E-state index in [1.807, 2.05) is 62.4 Å². The van der Waals surface area contributed by atoms with Crippen molar-refractivity contribution in [3.8, 4) is 28.4 Å². The van der Waals surface area contributed by atoms with Gasteiger partial charge >= 0.3 is 0 Å². The van der Waals surface area contributed by atoms with Gasteiger partial charge in [-0.25, -0.2) is 9.19 Å². The highest BCUT2D eigenvalue weighted by Crippen LogP contribution is 2.33. The predicted octanol–water partition coefficient (Wildman–Crippen LogP) is 4.99. The van der Waals surface area contributed by atoms with Crippen molar-refractivity contribution in [1.29, 1.82) is 0 Å². The van der Waals surface area contributed by atoms with E-state index in [1.165, 1.54) is 0 Å². The van der Waals surface area contributed by atoms with Crippen molar-refractivity contribution in [1.82, 2.24) is 15.0 Å². The Kier molecular flexibility index (Phi) is 7.07. The summed E-state index contributed by atoms with van der Waals surface area (Å²) >= 11 is 6.60. The van der Waals surface area contributed by atoms with E-state index in [0.29, 0.717) is 46.0 Å². The minimum Gasteiger partial charge on any atom is -0.456 e. The molecule has 0 spiro atoms. The standard InChI is InChI=1S/C28H29ClN4O5S/c1-3-39(35,4-2)33-19-11-9-17(10-12-19)16-5-7-18(8-6-16)24-20(29)13-21-27(31-24)32-28(30-21)38-23-15-37-25-22(34)14-36-26(23)25/h5-13,22-23,25-26,34H,3-4,14-15H2,1-2H3,(H,30,31,32)/t22-,23-,25-,26-/m1/s1. The number of nitrogens with zero attached hydrogens (tertiary/aromatic N) is 3. The van der Waals surface area contributed by atoms with Crippen molar-refractivity contribution in [2.75, 3.05) is 24.7 Å². The molecule has 0 bridgehead atoms. The number of halogens is 1. The van der Waals surface area contributed by atoms with Crippen molar-refractivity contribution >= 4 is 38.2 Å². The molecule has 4 atom stereocenters. The van der Waals surface area contributed by atoms with Crippen LogP contribution in [0.5, 0.6) is 6.01 Å². The van der Waals surface area contributed by atoms with Gasteiger partial charge in [-0.15, -0.1) is 0 Å². The lowest BCUT2D eigenvalue weighted by atomic mass is 10.0. The van der Waals surface area contributed by atoms with Gasteiger partial charge in [-0.2, -0.15) is 9.35 Å². The highest BCUT2D eigenvalue weighted by molar-refractivity contribution is 7.93. The summed E-state index contributed by atoms with van der Waals surface area (Å²) in [7, 11) is -2.19. The highest BCUT2D eigenvalue weighted by Gasteiger charge is 2.48. The zero-order chi connectivity index (χ0) is 27.1. The number of aliphatic hydroxyl groups is 1. The molecule has 2 aromatic carbocycles. The van der Waals surface area contributed by atoms with Crippen LogP contribution < -0.4 is 4.74 Å². The van der Waals surface area contributed by atoms with Crippen LogP contribution in [0, 0.1) is 0 Å². The van der Waals surface area contributed by atoms with Crippen LogP contribution in [-0.4, -0.2) is 73.4 Å². The summed E-state index contributed by atoms with van der Waals surface area (Å²) in [5.41, 5.74) is 5.38. The molecule has 2 saturated heterocycles. The quantitative estimate of drug-likeness (QED) is 0.322. The summed E-state index contributed by atoms with van der Waals surface area (Å²) in [5, 5.41) is 10.4. The SMILES string of the molecule is CCS(=O)(CC)=Nc1ccc(-c2ccc(-c3nc4nc(O[C@@H]5CO[C@H]6[C@@H]5OC[C@H]6O)[nH]c4cc3Cl)cc2)cc1. The molecule has 204 valence electrons. The number of hydrogen-bond donors (Lipinski definition) is 2. The number of fused-ring (bicyclic) bond motifs is 2. The van der Waals surface area contributed by atoms with Crippen LogP contribution in [0.2, 0.25) is 5.02 Å². The second-order valence-corrected chi connectivity index (χ2v) is 12.9. The second-order valence-electron chi connectivity index (χ2n) is 9.62. The third-order valence-corrected chi connectivity index (χ3v) is 9.82. The number of nitrogens with one attached hydrogen (secondary N) is 1. The van der Waals surface area contributed by atoms with Crippen molar-refractivity contribution < 1.29 is 23.5 Å². The van der Waals surface area contributed by atoms with Gasteiger partial charge in [0.05, 0.1) is 44.9 Å². The molecule has 9 nitrogen and oxygen atoms in total. The Balaban J connectivity index is 1.20. The van der Waals surface area contributed by atoms with Gasteiger partial charge in [-0.3, -0.25) is 0 Å². The van der Waals surface area contributed by atoms with E-state index in [-0.39, 0.29) is 24.9 Å². The number of ether oxygens (including phenoxy) is 3. The lowest BCUT2D eigenvalue weighted by Crippen LogP contribution is -2.34. The number of aliphatic hydroxyl groups excluding tert-OH is 1. The monoisotopic (exact) mass is 568 g/mol. The van der Waals surface area contributed by atoms with Crippen molar-refractivity contribution in [3.63, 3.8) is 0 Å². The zero-order valence-electron chi connectivity index (χ0n) is 21.5. The van der Waals surface area contributed by atoms with Gasteiger partial charge in [0.2, 0.25) is 0 Å². The Morgan fingerprint density at radius 3 is 2.33 bits per heavy atom. The third-order valence-electron chi connectivity index (χ3n) is 7.18. The first-order valence-corrected chi connectivity index (χ1v) is 15.2. The van der Waals surface area contributed by atoms with E-state index >= 15 is 0 Å². The number of imidazole rings is 1. The predicted molar refractivity (Wildman–Crippen MR) is 151 cm³/mol. The van der Waals surface area contributed by atoms with Crippen LogP contribution in [0.1, 0.15) is 13.8 Å². The molecule has 4 heterocycles. The second kappa shape index (κ2) is 10.5. The molecular weight excluding hydrogens is 540 g/mol. The maximum absolute atomic E-state index is 12.6. The topological polar surface area (TPSA) is 119 Å². The van der Waals surface area contributed by atoms with Crippen molar-refractivity contribution in [2.24, 2.45) is 4.36 Å². The van der Waals surface area contributed by atoms with Crippen LogP contribution in [-0.2, 0) is 19.2 Å². The summed E-state index contributed by atoms with van der Waals surface area (Å²) in [6, 6.07) is 17.8. The lowest BCUT2D eigenvalue weighted by molar-refractivity contribution is 0.00706. The molecule has 2 aromatic heterocycles. The Labute approximate surface area is 231 Å². The molecular formula is C28H29ClN4O5S. The van der Waals surface area contributed by atoms with Gasteiger partial charge in [-0.05, 0) is 29.3 Å². The van der Waals surface area contributed by atoms with E-state index in [0.717, 1.165) is 22.4 Å². The first-order valence-electron chi connectivity index (χ1n) is 12.9. The molecule has 4 aromatic rings. The normalized spacial score (nSPS) is 22.8. The maximum Gasteiger partial charge on any atom is 0.296 e. The summed E-state index contributed by atoms with van der Waals surface area (Å²) in [4.78, 5) is 12.3. The molecule has 0 saturated carbocycles. The van der Waals surface area contributed by atoms with E-state index in [9.17, 15) is 9.32 Å². The average Bonchev–Trinajstić information content (AvgIpc) is 3.65. The summed E-state index contributed by atoms with van der Waals surface area (Å²) in [5.74, 6) is 1.08. The first kappa shape index (κ1) is 26.2. The van der Waals surface area contributed by atoms with Crippen LogP contribution >= 0.6 is 11.6 Å². The average molecular weight is 569 g/mol. The van der Waals surface area contributed by atoms with E-state index in [4.69, 9.17) is 25.8 Å². The molecule has 0 unspecified atom stereocenters. The summed E-state index contributed by atoms with van der Waals surface area (Å²) in [6.45, 7) is 4.35. The van der Waals surface area contributed by atoms with Crippen LogP contribution in [0.4, 0.5) is 5.69 Å². The Morgan fingerprint density at radius 2 is 1.64 bits per heavy atom. The maximum atomic E-state index is 12.6. The summed E-state index contributed by atoms with van der Waals surface area (Å²) in [6.07, 6.45) is -1.73. The number of H-pyrrole nitrogens is 1. The Hall–Kier alpha value is -3.02. The fraction of sp³-hybridized carbons (Fsp3) is 0.357. The van der Waals surface area contributed by atoms with E-state index < -0.39 is 15.8 Å². The zero-order valence-corrected chi connectivity index (χ0v) is 23.1. The largest absolute Gasteiger partial charge is 0.456 e. The molecule has 6 rings (SSSR count). The molecule has 39 heavy (non-hydrogen) atoms. The Bertz CT molecular complexity index is 1610. The minimum absolute atomic E-state index is 0.233. The number of benzene rings is 2. The van der Waals surface area contributed by atoms with Crippen LogP contribution in [0.25, 0.3) is 33.5 Å². The molecule has 2 fully saturated rings. The fourth-order valence-electron chi connectivity index (χ4n) is 4.90. The number of aromatic nitrogens is 3. The number of aromatic amines is 1. The van der Waals surface area contributed by atoms with Gasteiger partial charge in [0.1, 0.15) is 18.3 Å². The van der Waals surface area contributed by atoms with E-state index in [2.05, 4.69) is 19.3 Å².